The van der Waals surface area contributed by atoms with E-state index in [1.54, 1.807) is 97.1 Å². The summed E-state index contributed by atoms with van der Waals surface area (Å²) in [5.74, 6) is -2.24. The fourth-order valence-corrected chi connectivity index (χ4v) is 5.57. The van der Waals surface area contributed by atoms with Gasteiger partial charge in [0.25, 0.3) is 0 Å². The fraction of sp³-hybridized carbons (Fsp3) is 0.0500. The third kappa shape index (κ3) is 6.46. The first-order chi connectivity index (χ1) is 21.8. The maximum Gasteiger partial charge on any atom is 0.399 e. The van der Waals surface area contributed by atoms with Crippen LogP contribution in [-0.4, -0.2) is 16.4 Å². The molecule has 222 valence electrons. The normalized spacial score (nSPS) is 11.1. The smallest absolute Gasteiger partial charge is 0.399 e. The summed E-state index contributed by atoms with van der Waals surface area (Å²) in [6.45, 7) is 0. The number of alkyl halides is 3. The lowest BCUT2D eigenvalue weighted by Crippen LogP contribution is -2.22. The summed E-state index contributed by atoms with van der Waals surface area (Å²) in [5.41, 5.74) is 3.56. The van der Waals surface area contributed by atoms with Crippen molar-refractivity contribution < 1.29 is 23.4 Å². The lowest BCUT2D eigenvalue weighted by atomic mass is 9.83. The number of rotatable bonds is 6. The second kappa shape index (κ2) is 13.3. The van der Waals surface area contributed by atoms with Crippen molar-refractivity contribution in [2.45, 2.75) is 12.1 Å². The molecular formula is C40H29F3O2. The van der Waals surface area contributed by atoms with Gasteiger partial charge in [-0.05, 0) is 57.6 Å². The van der Waals surface area contributed by atoms with Gasteiger partial charge in [0.2, 0.25) is 0 Å². The fourth-order valence-electron chi connectivity index (χ4n) is 5.57. The Hall–Kier alpha value is -5.73. The molecule has 6 aromatic carbocycles. The van der Waals surface area contributed by atoms with Gasteiger partial charge >= 0.3 is 6.18 Å². The summed E-state index contributed by atoms with van der Waals surface area (Å²) < 4.78 is 45.9. The highest BCUT2D eigenvalue weighted by atomic mass is 19.4. The van der Waals surface area contributed by atoms with E-state index in [2.05, 4.69) is 12.8 Å². The first-order valence-corrected chi connectivity index (χ1v) is 14.2. The molecule has 0 aliphatic heterocycles. The predicted molar refractivity (Wildman–Crippen MR) is 176 cm³/mol. The molecule has 45 heavy (non-hydrogen) atoms. The predicted octanol–water partition coefficient (Wildman–Crippen LogP) is 10.7. The van der Waals surface area contributed by atoms with Gasteiger partial charge in [0, 0.05) is 22.3 Å². The minimum Gasteiger partial charge on any atom is -0.507 e. The second-order valence-corrected chi connectivity index (χ2v) is 10.4. The molecule has 6 aromatic rings. The van der Waals surface area contributed by atoms with Crippen LogP contribution in [-0.2, 0) is 0 Å². The molecule has 0 radical (unpaired) electrons. The average molecular weight is 599 g/mol. The van der Waals surface area contributed by atoms with Crippen molar-refractivity contribution in [2.24, 2.45) is 0 Å². The van der Waals surface area contributed by atoms with Crippen LogP contribution in [0, 0.1) is 12.8 Å². The van der Waals surface area contributed by atoms with Crippen LogP contribution < -0.4 is 0 Å². The Bertz CT molecular complexity index is 1640. The van der Waals surface area contributed by atoms with E-state index >= 15 is 13.2 Å². The summed E-state index contributed by atoms with van der Waals surface area (Å²) in [6.07, 6.45) is 3.30. The van der Waals surface area contributed by atoms with Crippen molar-refractivity contribution in [3.63, 3.8) is 0 Å². The van der Waals surface area contributed by atoms with Gasteiger partial charge < -0.3 is 10.2 Å². The summed E-state index contributed by atoms with van der Waals surface area (Å²) >= 11 is 0. The lowest BCUT2D eigenvalue weighted by Gasteiger charge is -2.25. The number of halogens is 3. The summed E-state index contributed by atoms with van der Waals surface area (Å²) in [7, 11) is 0. The van der Waals surface area contributed by atoms with Gasteiger partial charge in [-0.3, -0.25) is 0 Å². The van der Waals surface area contributed by atoms with Crippen LogP contribution in [0.1, 0.15) is 17.0 Å². The number of terminal acetylenes is 1. The number of hydrogen-bond donors (Lipinski definition) is 2. The van der Waals surface area contributed by atoms with Crippen molar-refractivity contribution >= 4 is 0 Å². The van der Waals surface area contributed by atoms with Gasteiger partial charge in [-0.25, -0.2) is 0 Å². The molecule has 5 heteroatoms. The van der Waals surface area contributed by atoms with Crippen molar-refractivity contribution in [3.05, 3.63) is 157 Å². The molecule has 0 unspecified atom stereocenters. The Balaban J connectivity index is 0.00000196. The van der Waals surface area contributed by atoms with E-state index in [1.807, 2.05) is 24.3 Å². The molecule has 0 spiro atoms. The molecular weight excluding hydrogens is 569 g/mol. The molecule has 0 aliphatic carbocycles. The molecule has 0 atom stereocenters. The molecule has 0 aromatic heterocycles. The minimum atomic E-state index is -4.70. The van der Waals surface area contributed by atoms with Gasteiger partial charge in [0.1, 0.15) is 17.4 Å². The number of phenolic OH excluding ortho intramolecular Hbond substituents is 2. The number of benzene rings is 6. The van der Waals surface area contributed by atoms with Crippen LogP contribution in [0.25, 0.3) is 44.5 Å². The van der Waals surface area contributed by atoms with Gasteiger partial charge in [-0.15, -0.1) is 12.8 Å². The molecule has 0 bridgehead atoms. The molecule has 0 heterocycles. The monoisotopic (exact) mass is 598 g/mol. The van der Waals surface area contributed by atoms with Crippen LogP contribution in [0.5, 0.6) is 11.5 Å². The van der Waals surface area contributed by atoms with Crippen molar-refractivity contribution in [2.75, 3.05) is 0 Å². The van der Waals surface area contributed by atoms with Crippen molar-refractivity contribution in [1.82, 2.24) is 0 Å². The molecule has 2 N–H and O–H groups in total. The van der Waals surface area contributed by atoms with E-state index in [1.165, 1.54) is 24.3 Å². The average Bonchev–Trinajstić information content (AvgIpc) is 3.08. The molecule has 0 fully saturated rings. The van der Waals surface area contributed by atoms with Gasteiger partial charge in [0.05, 0.1) is 0 Å². The molecule has 2 nitrogen and oxygen atoms in total. The molecule has 0 saturated carbocycles. The maximum absolute atomic E-state index is 15.3. The largest absolute Gasteiger partial charge is 0.507 e. The summed E-state index contributed by atoms with van der Waals surface area (Å²) in [4.78, 5) is 0. The number of hydrogen-bond acceptors (Lipinski definition) is 2. The number of phenols is 2. The zero-order valence-electron chi connectivity index (χ0n) is 24.1. The molecule has 0 aliphatic rings. The first-order valence-electron chi connectivity index (χ1n) is 14.2. The van der Waals surface area contributed by atoms with Crippen LogP contribution in [0.4, 0.5) is 13.2 Å². The Morgan fingerprint density at radius 2 is 0.644 bits per heavy atom. The van der Waals surface area contributed by atoms with E-state index < -0.39 is 12.1 Å². The Morgan fingerprint density at radius 3 is 0.844 bits per heavy atom. The zero-order valence-corrected chi connectivity index (χ0v) is 24.1. The van der Waals surface area contributed by atoms with E-state index in [4.69, 9.17) is 0 Å². The highest BCUT2D eigenvalue weighted by Gasteiger charge is 2.43. The zero-order chi connectivity index (χ0) is 32.0. The van der Waals surface area contributed by atoms with Crippen LogP contribution >= 0.6 is 0 Å². The standard InChI is InChI=1S/C38H27F3O2.C2H2/c39-38(40,41)35(29-21-31(25-13-5-1-6-14-25)36(42)32(22-29)26-15-7-2-8-16-26)30-23-33(27-17-9-3-10-18-27)37(43)34(24-30)28-19-11-4-12-20-28;1-2/h1-24,35,42-43H;1-2H. The molecule has 0 saturated heterocycles. The molecule has 6 rings (SSSR count). The van der Waals surface area contributed by atoms with Gasteiger partial charge in [-0.2, -0.15) is 13.2 Å². The molecule has 0 amide bonds. The maximum atomic E-state index is 15.3. The Labute approximate surface area is 260 Å². The van der Waals surface area contributed by atoms with Crippen LogP contribution in [0.2, 0.25) is 0 Å². The van der Waals surface area contributed by atoms with Crippen LogP contribution in [0.15, 0.2) is 146 Å². The topological polar surface area (TPSA) is 40.5 Å². The third-order valence-electron chi connectivity index (χ3n) is 7.60. The quantitative estimate of drug-likeness (QED) is 0.187. The van der Waals surface area contributed by atoms with Crippen LogP contribution in [0.3, 0.4) is 0 Å². The summed E-state index contributed by atoms with van der Waals surface area (Å²) in [5, 5.41) is 22.8. The van der Waals surface area contributed by atoms with E-state index in [9.17, 15) is 10.2 Å². The minimum absolute atomic E-state index is 0.0216. The summed E-state index contributed by atoms with van der Waals surface area (Å²) in [6, 6.07) is 41.3. The number of aromatic hydroxyl groups is 2. The lowest BCUT2D eigenvalue weighted by molar-refractivity contribution is -0.141. The Morgan fingerprint density at radius 1 is 0.422 bits per heavy atom. The van der Waals surface area contributed by atoms with E-state index in [-0.39, 0.29) is 22.6 Å². The van der Waals surface area contributed by atoms with Gasteiger partial charge in [-0.1, -0.05) is 121 Å². The van der Waals surface area contributed by atoms with Crippen molar-refractivity contribution in [1.29, 1.82) is 0 Å². The van der Waals surface area contributed by atoms with E-state index in [0.717, 1.165) is 0 Å². The highest BCUT2D eigenvalue weighted by Crippen LogP contribution is 2.49. The first kappa shape index (κ1) is 30.7. The van der Waals surface area contributed by atoms with Gasteiger partial charge in [0.15, 0.2) is 0 Å². The SMILES string of the molecule is C#C.Oc1c(-c2ccccc2)cc(C(c2cc(-c3ccccc3)c(O)c(-c3ccccc3)c2)C(F)(F)F)cc1-c1ccccc1. The van der Waals surface area contributed by atoms with E-state index in [0.29, 0.717) is 44.5 Å². The third-order valence-corrected chi connectivity index (χ3v) is 7.60. The van der Waals surface area contributed by atoms with Crippen molar-refractivity contribution in [3.8, 4) is 68.9 Å². The second-order valence-electron chi connectivity index (χ2n) is 10.4. The Kier molecular flexibility index (Phi) is 9.07. The highest BCUT2D eigenvalue weighted by molar-refractivity contribution is 5.85.